The number of piperazine rings is 1. The highest BCUT2D eigenvalue weighted by Crippen LogP contribution is 2.39. The summed E-state index contributed by atoms with van der Waals surface area (Å²) < 4.78 is 41.3. The minimum atomic E-state index is -4.81. The quantitative estimate of drug-likeness (QED) is 0.177. The number of piperidine rings is 1. The van der Waals surface area contributed by atoms with Crippen molar-refractivity contribution in [2.24, 2.45) is 5.92 Å². The van der Waals surface area contributed by atoms with Crippen molar-refractivity contribution in [3.63, 3.8) is 0 Å². The maximum absolute atomic E-state index is 13.8. The standard InChI is InChI=1S/C30H30ClF3N10O3.CH2O2/c31-20-14-17(2-3-19(20)29(47)44-12-10-43(11-13-44)28(46)18-4-8-35-9-5-18)15-39-27(45)26-38-16-21(40-26)22-23(25-36-6-1-7-37-25)41-42-24(22)30(32,33)34;2-1-3/h1-3,6-7,14,16,18,35H,4-5,8-13,15H2,(H,38,40)(H,39,45)(H,41,42);1H,(H,2,3). The van der Waals surface area contributed by atoms with Crippen molar-refractivity contribution in [2.45, 2.75) is 25.6 Å². The van der Waals surface area contributed by atoms with Gasteiger partial charge in [0.1, 0.15) is 5.69 Å². The van der Waals surface area contributed by atoms with E-state index in [4.69, 9.17) is 21.5 Å². The smallest absolute Gasteiger partial charge is 0.435 e. The van der Waals surface area contributed by atoms with Crippen LogP contribution in [0, 0.1) is 5.92 Å². The van der Waals surface area contributed by atoms with Gasteiger partial charge >= 0.3 is 6.18 Å². The molecular formula is C31H32ClF3N10O5. The summed E-state index contributed by atoms with van der Waals surface area (Å²) in [7, 11) is 0. The Labute approximate surface area is 287 Å². The van der Waals surface area contributed by atoms with E-state index in [-0.39, 0.29) is 64.4 Å². The van der Waals surface area contributed by atoms with Gasteiger partial charge < -0.3 is 30.5 Å². The summed E-state index contributed by atoms with van der Waals surface area (Å²) in [5, 5.41) is 18.8. The normalized spacial score (nSPS) is 15.2. The van der Waals surface area contributed by atoms with Crippen LogP contribution in [0.1, 0.15) is 45.1 Å². The van der Waals surface area contributed by atoms with Crippen LogP contribution in [0.25, 0.3) is 22.8 Å². The molecule has 2 fully saturated rings. The Kier molecular flexibility index (Phi) is 11.4. The third-order valence-corrected chi connectivity index (χ3v) is 8.48. The van der Waals surface area contributed by atoms with E-state index >= 15 is 0 Å². The lowest BCUT2D eigenvalue weighted by Crippen LogP contribution is -2.52. The molecule has 0 unspecified atom stereocenters. The number of alkyl halides is 3. The molecule has 0 radical (unpaired) electrons. The average Bonchev–Trinajstić information content (AvgIpc) is 3.80. The highest BCUT2D eigenvalue weighted by Gasteiger charge is 2.40. The molecule has 50 heavy (non-hydrogen) atoms. The zero-order chi connectivity index (χ0) is 35.8. The Morgan fingerprint density at radius 3 is 2.34 bits per heavy atom. The summed E-state index contributed by atoms with van der Waals surface area (Å²) in [5.41, 5.74) is -0.910. The number of benzene rings is 1. The lowest BCUT2D eigenvalue weighted by atomic mass is 9.96. The molecule has 0 spiro atoms. The van der Waals surface area contributed by atoms with Gasteiger partial charge in [-0.2, -0.15) is 18.3 Å². The van der Waals surface area contributed by atoms with Crippen molar-refractivity contribution in [1.29, 1.82) is 0 Å². The fourth-order valence-corrected chi connectivity index (χ4v) is 5.98. The number of amides is 3. The predicted octanol–water partition coefficient (Wildman–Crippen LogP) is 2.84. The van der Waals surface area contributed by atoms with Gasteiger partial charge in [-0.05, 0) is 49.7 Å². The van der Waals surface area contributed by atoms with Crippen molar-refractivity contribution in [2.75, 3.05) is 39.3 Å². The molecule has 2 aliphatic heterocycles. The first kappa shape index (κ1) is 35.9. The number of halogens is 4. The monoisotopic (exact) mass is 716 g/mol. The molecule has 264 valence electrons. The Morgan fingerprint density at radius 2 is 1.70 bits per heavy atom. The summed E-state index contributed by atoms with van der Waals surface area (Å²) in [5.74, 6) is -1.01. The number of aromatic amines is 2. The van der Waals surface area contributed by atoms with Crippen LogP contribution in [0.4, 0.5) is 13.2 Å². The fourth-order valence-electron chi connectivity index (χ4n) is 5.70. The zero-order valence-electron chi connectivity index (χ0n) is 26.3. The summed E-state index contributed by atoms with van der Waals surface area (Å²) in [6, 6.07) is 6.31. The van der Waals surface area contributed by atoms with E-state index in [9.17, 15) is 27.6 Å². The second kappa shape index (κ2) is 15.9. The minimum absolute atomic E-state index is 0.00312. The molecule has 19 heteroatoms. The Morgan fingerprint density at radius 1 is 1.04 bits per heavy atom. The maximum Gasteiger partial charge on any atom is 0.435 e. The Balaban J connectivity index is 0.00000156. The van der Waals surface area contributed by atoms with Gasteiger partial charge in [-0.1, -0.05) is 17.7 Å². The van der Waals surface area contributed by atoms with Gasteiger partial charge in [-0.3, -0.25) is 24.3 Å². The first-order valence-electron chi connectivity index (χ1n) is 15.4. The van der Waals surface area contributed by atoms with E-state index in [1.165, 1.54) is 18.5 Å². The second-order valence-corrected chi connectivity index (χ2v) is 11.7. The van der Waals surface area contributed by atoms with Gasteiger partial charge in [-0.25, -0.2) is 15.0 Å². The Hall–Kier alpha value is -5.36. The molecule has 5 heterocycles. The number of nitrogens with zero attached hydrogens (tertiary/aromatic N) is 6. The number of hydrogen-bond donors (Lipinski definition) is 5. The van der Waals surface area contributed by atoms with Crippen molar-refractivity contribution in [3.05, 3.63) is 70.5 Å². The zero-order valence-corrected chi connectivity index (χ0v) is 27.1. The van der Waals surface area contributed by atoms with Crippen LogP contribution in [0.3, 0.4) is 0 Å². The van der Waals surface area contributed by atoms with Crippen molar-refractivity contribution in [1.82, 2.24) is 50.6 Å². The summed E-state index contributed by atoms with van der Waals surface area (Å²) in [4.78, 5) is 65.4. The highest BCUT2D eigenvalue weighted by atomic mass is 35.5. The van der Waals surface area contributed by atoms with Crippen molar-refractivity contribution >= 4 is 35.8 Å². The third-order valence-electron chi connectivity index (χ3n) is 8.17. The SMILES string of the molecule is O=C(NCc1ccc(C(=O)N2CCN(C(=O)C3CCNCC3)CC2)c(Cl)c1)c1ncc(-c2c(C(F)(F)F)n[nH]c2-c2ncccn2)[nH]1.O=CO. The number of carbonyl (C=O) groups is 4. The van der Waals surface area contributed by atoms with Crippen molar-refractivity contribution < 1.29 is 37.5 Å². The van der Waals surface area contributed by atoms with E-state index in [0.29, 0.717) is 37.3 Å². The van der Waals surface area contributed by atoms with Crippen LogP contribution in [-0.4, -0.2) is 109 Å². The van der Waals surface area contributed by atoms with Crippen LogP contribution < -0.4 is 10.6 Å². The molecule has 4 aromatic rings. The molecule has 0 bridgehead atoms. The van der Waals surface area contributed by atoms with Gasteiger partial charge in [-0.15, -0.1) is 0 Å². The minimum Gasteiger partial charge on any atom is -0.483 e. The molecule has 0 saturated carbocycles. The van der Waals surface area contributed by atoms with Crippen LogP contribution in [0.5, 0.6) is 0 Å². The molecule has 1 aromatic carbocycles. The summed E-state index contributed by atoms with van der Waals surface area (Å²) >= 11 is 6.47. The number of aromatic nitrogens is 6. The molecule has 3 amide bonds. The molecule has 3 aromatic heterocycles. The van der Waals surface area contributed by atoms with Gasteiger partial charge in [0.25, 0.3) is 18.3 Å². The lowest BCUT2D eigenvalue weighted by Gasteiger charge is -2.37. The molecule has 15 nitrogen and oxygen atoms in total. The van der Waals surface area contributed by atoms with Crippen LogP contribution in [0.2, 0.25) is 5.02 Å². The number of carboxylic acid groups (broad SMARTS) is 1. The van der Waals surface area contributed by atoms with E-state index in [1.807, 2.05) is 4.90 Å². The van der Waals surface area contributed by atoms with Gasteiger partial charge in [0.15, 0.2) is 17.3 Å². The maximum atomic E-state index is 13.8. The lowest BCUT2D eigenvalue weighted by molar-refractivity contribution is -0.140. The number of nitrogens with one attached hydrogen (secondary N) is 4. The summed E-state index contributed by atoms with van der Waals surface area (Å²) in [6.45, 7) is 3.15. The van der Waals surface area contributed by atoms with Gasteiger partial charge in [0, 0.05) is 51.0 Å². The van der Waals surface area contributed by atoms with E-state index in [2.05, 4.69) is 40.8 Å². The predicted molar refractivity (Wildman–Crippen MR) is 172 cm³/mol. The molecular weight excluding hydrogens is 685 g/mol. The third kappa shape index (κ3) is 8.25. The molecule has 0 aliphatic carbocycles. The van der Waals surface area contributed by atoms with E-state index in [0.717, 1.165) is 32.1 Å². The Bertz CT molecular complexity index is 1820. The van der Waals surface area contributed by atoms with Crippen LogP contribution >= 0.6 is 11.6 Å². The fraction of sp³-hybridized carbons (Fsp3) is 0.355. The first-order valence-corrected chi connectivity index (χ1v) is 15.8. The second-order valence-electron chi connectivity index (χ2n) is 11.3. The molecule has 5 N–H and O–H groups in total. The largest absolute Gasteiger partial charge is 0.483 e. The van der Waals surface area contributed by atoms with Gasteiger partial charge in [0.05, 0.1) is 28.0 Å². The van der Waals surface area contributed by atoms with Crippen LogP contribution in [-0.2, 0) is 22.3 Å². The van der Waals surface area contributed by atoms with Gasteiger partial charge in [0.2, 0.25) is 5.91 Å². The number of imidazole rings is 1. The average molecular weight is 717 g/mol. The van der Waals surface area contributed by atoms with Crippen LogP contribution in [0.15, 0.2) is 42.9 Å². The van der Waals surface area contributed by atoms with E-state index in [1.54, 1.807) is 23.1 Å². The van der Waals surface area contributed by atoms with Crippen molar-refractivity contribution in [3.8, 4) is 22.8 Å². The topological polar surface area (TPSA) is 202 Å². The molecule has 6 rings (SSSR count). The molecule has 2 aliphatic rings. The first-order chi connectivity index (χ1) is 24.0. The number of carbonyl (C=O) groups excluding carboxylic acids is 3. The number of H-pyrrole nitrogens is 2. The molecule has 2 saturated heterocycles. The highest BCUT2D eigenvalue weighted by molar-refractivity contribution is 6.33. The number of rotatable bonds is 7. The number of hydrogen-bond acceptors (Lipinski definition) is 9. The molecule has 0 atom stereocenters. The van der Waals surface area contributed by atoms with E-state index < -0.39 is 17.8 Å². The summed E-state index contributed by atoms with van der Waals surface area (Å²) in [6.07, 6.45) is 0.690.